The second-order valence-electron chi connectivity index (χ2n) is 6.19. The first-order chi connectivity index (χ1) is 9.63. The molecule has 2 N–H and O–H groups in total. The van der Waals surface area contributed by atoms with Crippen LogP contribution in [0.2, 0.25) is 0 Å². The van der Waals surface area contributed by atoms with Crippen LogP contribution in [0.5, 0.6) is 0 Å². The summed E-state index contributed by atoms with van der Waals surface area (Å²) in [6.07, 6.45) is 5.49. The molecule has 0 bridgehead atoms. The Labute approximate surface area is 120 Å². The molecule has 20 heavy (non-hydrogen) atoms. The van der Waals surface area contributed by atoms with Crippen LogP contribution < -0.4 is 5.32 Å². The van der Waals surface area contributed by atoms with E-state index in [-0.39, 0.29) is 11.8 Å². The number of hydrogen-bond acceptors (Lipinski definition) is 3. The van der Waals surface area contributed by atoms with Crippen LogP contribution in [-0.2, 0) is 9.59 Å². The van der Waals surface area contributed by atoms with Gasteiger partial charge in [-0.1, -0.05) is 12.8 Å². The maximum atomic E-state index is 12.7. The van der Waals surface area contributed by atoms with E-state index in [2.05, 4.69) is 5.32 Å². The molecule has 3 atom stereocenters. The number of piperidine rings is 1. The molecule has 2 aliphatic rings. The van der Waals surface area contributed by atoms with E-state index in [1.807, 2.05) is 11.9 Å². The third-order valence-electron chi connectivity index (χ3n) is 4.72. The fourth-order valence-electron chi connectivity index (χ4n) is 3.68. The molecule has 5 nitrogen and oxygen atoms in total. The van der Waals surface area contributed by atoms with Gasteiger partial charge in [0.1, 0.15) is 0 Å². The summed E-state index contributed by atoms with van der Waals surface area (Å²) in [4.78, 5) is 25.9. The second-order valence-corrected chi connectivity index (χ2v) is 6.19. The maximum Gasteiger partial charge on any atom is 0.307 e. The minimum Gasteiger partial charge on any atom is -0.481 e. The van der Waals surface area contributed by atoms with Gasteiger partial charge in [0.25, 0.3) is 0 Å². The largest absolute Gasteiger partial charge is 0.481 e. The normalized spacial score (nSPS) is 31.1. The van der Waals surface area contributed by atoms with E-state index in [1.165, 1.54) is 0 Å². The summed E-state index contributed by atoms with van der Waals surface area (Å²) < 4.78 is 0. The molecular formula is C15H26N2O3. The molecule has 1 aliphatic carbocycles. The van der Waals surface area contributed by atoms with Crippen molar-refractivity contribution in [3.8, 4) is 0 Å². The monoisotopic (exact) mass is 282 g/mol. The number of amides is 1. The van der Waals surface area contributed by atoms with Crippen LogP contribution in [0.15, 0.2) is 0 Å². The van der Waals surface area contributed by atoms with Crippen molar-refractivity contribution < 1.29 is 14.7 Å². The Morgan fingerprint density at radius 3 is 2.50 bits per heavy atom. The second kappa shape index (κ2) is 7.07. The molecular weight excluding hydrogens is 256 g/mol. The number of carbonyl (C=O) groups excluding carboxylic acids is 1. The smallest absolute Gasteiger partial charge is 0.307 e. The third-order valence-corrected chi connectivity index (χ3v) is 4.72. The van der Waals surface area contributed by atoms with Gasteiger partial charge in [0.15, 0.2) is 0 Å². The van der Waals surface area contributed by atoms with Crippen molar-refractivity contribution in [2.24, 2.45) is 17.8 Å². The molecule has 0 aromatic heterocycles. The fraction of sp³-hybridized carbons (Fsp3) is 0.867. The molecule has 0 aromatic carbocycles. The van der Waals surface area contributed by atoms with Crippen molar-refractivity contribution in [2.45, 2.75) is 38.5 Å². The molecule has 1 aliphatic heterocycles. The molecule has 1 heterocycles. The molecule has 0 spiro atoms. The summed E-state index contributed by atoms with van der Waals surface area (Å²) in [5, 5.41) is 12.5. The first-order valence-corrected chi connectivity index (χ1v) is 7.79. The number of nitrogens with one attached hydrogen (secondary N) is 1. The fourth-order valence-corrected chi connectivity index (χ4v) is 3.68. The first-order valence-electron chi connectivity index (χ1n) is 7.79. The topological polar surface area (TPSA) is 69.6 Å². The Morgan fingerprint density at radius 2 is 1.85 bits per heavy atom. The summed E-state index contributed by atoms with van der Waals surface area (Å²) >= 11 is 0. The molecule has 2 rings (SSSR count). The van der Waals surface area contributed by atoms with Crippen LogP contribution >= 0.6 is 0 Å². The number of likely N-dealkylation sites (tertiary alicyclic amines) is 1. The highest BCUT2D eigenvalue weighted by Crippen LogP contribution is 2.32. The lowest BCUT2D eigenvalue weighted by Gasteiger charge is -2.37. The molecule has 114 valence electrons. The van der Waals surface area contributed by atoms with Gasteiger partial charge in [-0.15, -0.1) is 0 Å². The summed E-state index contributed by atoms with van der Waals surface area (Å²) in [7, 11) is 1.93. The minimum absolute atomic E-state index is 0.0814. The quantitative estimate of drug-likeness (QED) is 0.816. The molecule has 1 amide bonds. The molecule has 1 saturated carbocycles. The van der Waals surface area contributed by atoms with Gasteiger partial charge in [-0.05, 0) is 45.2 Å². The highest BCUT2D eigenvalue weighted by Gasteiger charge is 2.38. The highest BCUT2D eigenvalue weighted by molar-refractivity contribution is 5.85. The maximum absolute atomic E-state index is 12.7. The van der Waals surface area contributed by atoms with Gasteiger partial charge in [0.05, 0.1) is 11.8 Å². The van der Waals surface area contributed by atoms with Crippen molar-refractivity contribution >= 4 is 11.9 Å². The van der Waals surface area contributed by atoms with Crippen molar-refractivity contribution in [2.75, 3.05) is 26.7 Å². The van der Waals surface area contributed by atoms with Gasteiger partial charge < -0.3 is 15.3 Å². The van der Waals surface area contributed by atoms with Crippen LogP contribution in [-0.4, -0.2) is 48.6 Å². The molecule has 5 heteroatoms. The summed E-state index contributed by atoms with van der Waals surface area (Å²) in [6, 6.07) is 0. The molecule has 1 saturated heterocycles. The zero-order valence-corrected chi connectivity index (χ0v) is 12.3. The van der Waals surface area contributed by atoms with Crippen LogP contribution in [0.3, 0.4) is 0 Å². The highest BCUT2D eigenvalue weighted by atomic mass is 16.4. The van der Waals surface area contributed by atoms with Gasteiger partial charge in [0, 0.05) is 13.1 Å². The van der Waals surface area contributed by atoms with Gasteiger partial charge in [0.2, 0.25) is 5.91 Å². The predicted octanol–water partition coefficient (Wildman–Crippen LogP) is 1.34. The number of aliphatic carboxylic acids is 1. The minimum atomic E-state index is -0.799. The van der Waals surface area contributed by atoms with Gasteiger partial charge >= 0.3 is 5.97 Å². The molecule has 1 unspecified atom stereocenters. The van der Waals surface area contributed by atoms with Crippen LogP contribution in [0.1, 0.15) is 38.5 Å². The lowest BCUT2D eigenvalue weighted by atomic mass is 9.78. The van der Waals surface area contributed by atoms with E-state index in [0.717, 1.165) is 51.7 Å². The van der Waals surface area contributed by atoms with E-state index < -0.39 is 11.9 Å². The first kappa shape index (κ1) is 15.3. The predicted molar refractivity (Wildman–Crippen MR) is 76.3 cm³/mol. The molecule has 0 radical (unpaired) electrons. The summed E-state index contributed by atoms with van der Waals surface area (Å²) in [6.45, 7) is 2.50. The number of carboxylic acid groups (broad SMARTS) is 1. The van der Waals surface area contributed by atoms with Crippen molar-refractivity contribution in [3.05, 3.63) is 0 Å². The lowest BCUT2D eigenvalue weighted by molar-refractivity contribution is -0.153. The van der Waals surface area contributed by atoms with E-state index in [1.54, 1.807) is 0 Å². The van der Waals surface area contributed by atoms with E-state index >= 15 is 0 Å². The number of carbonyl (C=O) groups is 2. The van der Waals surface area contributed by atoms with E-state index in [4.69, 9.17) is 0 Å². The Hall–Kier alpha value is -1.10. The van der Waals surface area contributed by atoms with E-state index in [0.29, 0.717) is 12.3 Å². The van der Waals surface area contributed by atoms with Crippen molar-refractivity contribution in [3.63, 3.8) is 0 Å². The zero-order valence-electron chi connectivity index (χ0n) is 12.3. The number of hydrogen-bond donors (Lipinski definition) is 2. The van der Waals surface area contributed by atoms with Gasteiger partial charge in [-0.25, -0.2) is 0 Å². The van der Waals surface area contributed by atoms with Gasteiger partial charge in [-0.3, -0.25) is 9.59 Å². The van der Waals surface area contributed by atoms with Crippen LogP contribution in [0, 0.1) is 17.8 Å². The van der Waals surface area contributed by atoms with Crippen molar-refractivity contribution in [1.29, 1.82) is 0 Å². The summed E-state index contributed by atoms with van der Waals surface area (Å²) in [5.41, 5.74) is 0. The van der Waals surface area contributed by atoms with Crippen LogP contribution in [0.25, 0.3) is 0 Å². The Bertz CT molecular complexity index is 357. The average Bonchev–Trinajstić information content (AvgIpc) is 2.47. The Balaban J connectivity index is 1.99. The average molecular weight is 282 g/mol. The molecule has 0 aromatic rings. The lowest BCUT2D eigenvalue weighted by Crippen LogP contribution is -2.47. The Morgan fingerprint density at radius 1 is 1.15 bits per heavy atom. The van der Waals surface area contributed by atoms with Crippen LogP contribution in [0.4, 0.5) is 0 Å². The zero-order chi connectivity index (χ0) is 14.5. The molecule has 2 fully saturated rings. The van der Waals surface area contributed by atoms with E-state index in [9.17, 15) is 14.7 Å². The Kier molecular flexibility index (Phi) is 5.40. The van der Waals surface area contributed by atoms with Crippen molar-refractivity contribution in [1.82, 2.24) is 10.2 Å². The number of carboxylic acids is 1. The van der Waals surface area contributed by atoms with Gasteiger partial charge in [-0.2, -0.15) is 0 Å². The number of rotatable bonds is 4. The summed E-state index contributed by atoms with van der Waals surface area (Å²) in [5.74, 6) is -0.982. The number of nitrogens with zero attached hydrogens (tertiary/aromatic N) is 1. The SMILES string of the molecule is CNCC1CCCN(C(=O)[C@@H]2CCCC[C@@H]2C(=O)O)C1. The third kappa shape index (κ3) is 3.51. The standard InChI is InChI=1S/C15H26N2O3/c1-16-9-11-5-4-8-17(10-11)14(18)12-6-2-3-7-13(12)15(19)20/h11-13,16H,2-10H2,1H3,(H,19,20)/t11?,12-,13+/m1/s1.